The fourth-order valence-electron chi connectivity index (χ4n) is 2.50. The van der Waals surface area contributed by atoms with Gasteiger partial charge in [-0.3, -0.25) is 14.4 Å². The van der Waals surface area contributed by atoms with Crippen LogP contribution < -0.4 is 11.1 Å². The number of nitrogens with two attached hydrogens (primary N) is 1. The highest BCUT2D eigenvalue weighted by molar-refractivity contribution is 5.86. The van der Waals surface area contributed by atoms with E-state index in [0.29, 0.717) is 12.8 Å². The lowest BCUT2D eigenvalue weighted by Gasteiger charge is -2.37. The van der Waals surface area contributed by atoms with Gasteiger partial charge in [-0.05, 0) is 12.8 Å². The van der Waals surface area contributed by atoms with Crippen molar-refractivity contribution in [3.63, 3.8) is 0 Å². The summed E-state index contributed by atoms with van der Waals surface area (Å²) >= 11 is 0. The average molecular weight is 272 g/mol. The van der Waals surface area contributed by atoms with E-state index in [1.807, 2.05) is 0 Å². The van der Waals surface area contributed by atoms with Crippen molar-refractivity contribution in [3.8, 4) is 0 Å². The predicted molar refractivity (Wildman–Crippen MR) is 66.4 cm³/mol. The Balaban J connectivity index is 2.68. The molecule has 1 aliphatic rings. The molecule has 0 aromatic carbocycles. The molecule has 0 aromatic heterocycles. The Morgan fingerprint density at radius 1 is 1.11 bits per heavy atom. The van der Waals surface area contributed by atoms with Crippen LogP contribution in [0.25, 0.3) is 0 Å². The lowest BCUT2D eigenvalue weighted by molar-refractivity contribution is -0.142. The van der Waals surface area contributed by atoms with Gasteiger partial charge in [0.2, 0.25) is 5.91 Å². The zero-order valence-electron chi connectivity index (χ0n) is 10.7. The van der Waals surface area contributed by atoms with Crippen LogP contribution in [0.2, 0.25) is 0 Å². The Morgan fingerprint density at radius 3 is 2.16 bits per heavy atom. The second-order valence-corrected chi connectivity index (χ2v) is 5.11. The molecule has 7 heteroatoms. The third-order valence-electron chi connectivity index (χ3n) is 3.42. The Kier molecular flexibility index (Phi) is 5.29. The lowest BCUT2D eigenvalue weighted by Crippen LogP contribution is -2.55. The number of aliphatic carboxylic acids is 2. The molecule has 0 spiro atoms. The van der Waals surface area contributed by atoms with Crippen molar-refractivity contribution in [2.45, 2.75) is 56.5 Å². The number of carboxylic acids is 2. The van der Waals surface area contributed by atoms with Crippen LogP contribution in [0.5, 0.6) is 0 Å². The highest BCUT2D eigenvalue weighted by Gasteiger charge is 2.37. The monoisotopic (exact) mass is 272 g/mol. The topological polar surface area (TPSA) is 130 Å². The van der Waals surface area contributed by atoms with Gasteiger partial charge in [-0.15, -0.1) is 0 Å². The SMILES string of the molecule is NC(CC(=O)O)C(=O)NC1(CC(=O)O)CCCCC1. The fourth-order valence-corrected chi connectivity index (χ4v) is 2.50. The van der Waals surface area contributed by atoms with Crippen LogP contribution in [0.3, 0.4) is 0 Å². The van der Waals surface area contributed by atoms with E-state index in [-0.39, 0.29) is 6.42 Å². The molecule has 1 saturated carbocycles. The zero-order chi connectivity index (χ0) is 14.5. The maximum Gasteiger partial charge on any atom is 0.305 e. The molecule has 108 valence electrons. The van der Waals surface area contributed by atoms with Crippen LogP contribution >= 0.6 is 0 Å². The largest absolute Gasteiger partial charge is 0.481 e. The minimum atomic E-state index is -1.15. The number of carboxylic acid groups (broad SMARTS) is 2. The Labute approximate surface area is 111 Å². The number of carbonyl (C=O) groups excluding carboxylic acids is 1. The van der Waals surface area contributed by atoms with Gasteiger partial charge in [-0.2, -0.15) is 0 Å². The van der Waals surface area contributed by atoms with Gasteiger partial charge < -0.3 is 21.3 Å². The van der Waals surface area contributed by atoms with Gasteiger partial charge in [0.05, 0.1) is 24.4 Å². The molecule has 5 N–H and O–H groups in total. The molecular formula is C12H20N2O5. The zero-order valence-corrected chi connectivity index (χ0v) is 10.7. The molecule has 0 bridgehead atoms. The van der Waals surface area contributed by atoms with Gasteiger partial charge in [0.25, 0.3) is 0 Å². The maximum absolute atomic E-state index is 11.8. The first-order valence-corrected chi connectivity index (χ1v) is 6.36. The van der Waals surface area contributed by atoms with E-state index in [4.69, 9.17) is 15.9 Å². The lowest BCUT2D eigenvalue weighted by atomic mass is 9.79. The van der Waals surface area contributed by atoms with Gasteiger partial charge in [0.15, 0.2) is 0 Å². The quantitative estimate of drug-likeness (QED) is 0.542. The van der Waals surface area contributed by atoms with Crippen LogP contribution in [0.4, 0.5) is 0 Å². The third kappa shape index (κ3) is 4.86. The molecule has 7 nitrogen and oxygen atoms in total. The van der Waals surface area contributed by atoms with E-state index in [1.165, 1.54) is 0 Å². The smallest absolute Gasteiger partial charge is 0.305 e. The third-order valence-corrected chi connectivity index (χ3v) is 3.42. The van der Waals surface area contributed by atoms with Crippen LogP contribution in [-0.4, -0.2) is 39.6 Å². The first-order valence-electron chi connectivity index (χ1n) is 6.36. The molecule has 1 rings (SSSR count). The molecule has 0 heterocycles. The molecule has 0 saturated heterocycles. The molecule has 1 aliphatic carbocycles. The van der Waals surface area contributed by atoms with Crippen molar-refractivity contribution in [1.82, 2.24) is 5.32 Å². The number of hydrogen-bond acceptors (Lipinski definition) is 4. The van der Waals surface area contributed by atoms with E-state index in [0.717, 1.165) is 19.3 Å². The van der Waals surface area contributed by atoms with Crippen LogP contribution in [0, 0.1) is 0 Å². The normalized spacial score (nSPS) is 19.4. The minimum Gasteiger partial charge on any atom is -0.481 e. The molecule has 1 fully saturated rings. The summed E-state index contributed by atoms with van der Waals surface area (Å²) in [7, 11) is 0. The average Bonchev–Trinajstić information content (AvgIpc) is 2.27. The van der Waals surface area contributed by atoms with Crippen molar-refractivity contribution < 1.29 is 24.6 Å². The summed E-state index contributed by atoms with van der Waals surface area (Å²) in [6.45, 7) is 0. The molecule has 0 aliphatic heterocycles. The number of carbonyl (C=O) groups is 3. The Hall–Kier alpha value is -1.63. The van der Waals surface area contributed by atoms with Gasteiger partial charge in [-0.1, -0.05) is 19.3 Å². The van der Waals surface area contributed by atoms with Crippen molar-refractivity contribution in [3.05, 3.63) is 0 Å². The maximum atomic E-state index is 11.8. The number of hydrogen-bond donors (Lipinski definition) is 4. The fraction of sp³-hybridized carbons (Fsp3) is 0.750. The predicted octanol–water partition coefficient (Wildman–Crippen LogP) is 0.0822. The molecule has 1 amide bonds. The molecule has 0 aromatic rings. The van der Waals surface area contributed by atoms with Gasteiger partial charge >= 0.3 is 11.9 Å². The van der Waals surface area contributed by atoms with Crippen molar-refractivity contribution >= 4 is 17.8 Å². The van der Waals surface area contributed by atoms with Crippen LogP contribution in [0.15, 0.2) is 0 Å². The van der Waals surface area contributed by atoms with Crippen LogP contribution in [0.1, 0.15) is 44.9 Å². The van der Waals surface area contributed by atoms with Crippen molar-refractivity contribution in [2.24, 2.45) is 5.73 Å². The van der Waals surface area contributed by atoms with Gasteiger partial charge in [-0.25, -0.2) is 0 Å². The number of nitrogens with one attached hydrogen (secondary N) is 1. The summed E-state index contributed by atoms with van der Waals surface area (Å²) in [5.41, 5.74) is 4.70. The summed E-state index contributed by atoms with van der Waals surface area (Å²) in [4.78, 5) is 33.3. The standard InChI is InChI=1S/C12H20N2O5/c13-8(6-9(15)16)11(19)14-12(7-10(17)18)4-2-1-3-5-12/h8H,1-7,13H2,(H,14,19)(H,15,16)(H,17,18). The van der Waals surface area contributed by atoms with E-state index in [1.54, 1.807) is 0 Å². The Bertz CT molecular complexity index is 363. The molecular weight excluding hydrogens is 252 g/mol. The first kappa shape index (κ1) is 15.4. The van der Waals surface area contributed by atoms with Crippen molar-refractivity contribution in [2.75, 3.05) is 0 Å². The molecule has 1 unspecified atom stereocenters. The van der Waals surface area contributed by atoms with E-state index in [9.17, 15) is 14.4 Å². The molecule has 19 heavy (non-hydrogen) atoms. The molecule has 1 atom stereocenters. The van der Waals surface area contributed by atoms with Gasteiger partial charge in [0, 0.05) is 0 Å². The highest BCUT2D eigenvalue weighted by Crippen LogP contribution is 2.31. The summed E-state index contributed by atoms with van der Waals surface area (Å²) < 4.78 is 0. The van der Waals surface area contributed by atoms with Gasteiger partial charge in [0.1, 0.15) is 0 Å². The van der Waals surface area contributed by atoms with Crippen molar-refractivity contribution in [1.29, 1.82) is 0 Å². The van der Waals surface area contributed by atoms with E-state index < -0.39 is 35.8 Å². The summed E-state index contributed by atoms with van der Waals surface area (Å²) in [5, 5.41) is 20.2. The summed E-state index contributed by atoms with van der Waals surface area (Å²) in [5.74, 6) is -2.72. The van der Waals surface area contributed by atoms with E-state index >= 15 is 0 Å². The number of amides is 1. The van der Waals surface area contributed by atoms with E-state index in [2.05, 4.69) is 5.32 Å². The highest BCUT2D eigenvalue weighted by atomic mass is 16.4. The Morgan fingerprint density at radius 2 is 1.68 bits per heavy atom. The minimum absolute atomic E-state index is 0.154. The van der Waals surface area contributed by atoms with Crippen LogP contribution in [-0.2, 0) is 14.4 Å². The first-order chi connectivity index (χ1) is 8.84. The molecule has 0 radical (unpaired) electrons. The second-order valence-electron chi connectivity index (χ2n) is 5.11. The summed E-state index contributed by atoms with van der Waals surface area (Å²) in [6.07, 6.45) is 3.27. The second kappa shape index (κ2) is 6.51. The number of rotatable bonds is 6. The summed E-state index contributed by atoms with van der Waals surface area (Å²) in [6, 6.07) is -1.15.